The Bertz CT molecular complexity index is 1750. The molecule has 0 radical (unpaired) electrons. The highest BCUT2D eigenvalue weighted by atomic mass is 19.4. The van der Waals surface area contributed by atoms with Crippen molar-refractivity contribution in [2.24, 2.45) is 7.05 Å². The zero-order valence-electron chi connectivity index (χ0n) is 25.7. The molecule has 0 saturated carbocycles. The van der Waals surface area contributed by atoms with Crippen LogP contribution in [0.2, 0.25) is 0 Å². The number of amides is 1. The lowest BCUT2D eigenvalue weighted by molar-refractivity contribution is -0.167. The standard InChI is InChI=1S/C32H34F4N4O6/c1-15-9-19(40-7-8-46-14-26(40)32(34,35)36)11-24(33)27(15)29(42)38-25(31(44)45)10-18-5-6-21(23-13-20(41)12-22(18)23)28-30(43)39(4)17(3)16(2)37-28/h5-6,9,11,20,25-26,41H,7-8,10,12-14H2,1-4H3,(H,38,42)(H,44,45)/t20?,25-,26+/m0/s1. The van der Waals surface area contributed by atoms with Gasteiger partial charge in [-0.2, -0.15) is 13.2 Å². The highest BCUT2D eigenvalue weighted by Gasteiger charge is 2.45. The van der Waals surface area contributed by atoms with Crippen LogP contribution in [0.1, 0.15) is 44.0 Å². The van der Waals surface area contributed by atoms with Crippen molar-refractivity contribution in [3.05, 3.63) is 79.6 Å². The van der Waals surface area contributed by atoms with Crippen LogP contribution in [0.5, 0.6) is 0 Å². The second-order valence-corrected chi connectivity index (χ2v) is 11.8. The Morgan fingerprint density at radius 3 is 2.50 bits per heavy atom. The summed E-state index contributed by atoms with van der Waals surface area (Å²) >= 11 is 0. The maximum absolute atomic E-state index is 15.4. The number of nitrogens with one attached hydrogen (secondary N) is 1. The fourth-order valence-corrected chi connectivity index (χ4v) is 6.22. The first kappa shape index (κ1) is 33.1. The van der Waals surface area contributed by atoms with Crippen LogP contribution in [0.4, 0.5) is 23.2 Å². The van der Waals surface area contributed by atoms with Gasteiger partial charge in [0.25, 0.3) is 11.5 Å². The number of anilines is 1. The van der Waals surface area contributed by atoms with Gasteiger partial charge in [0.2, 0.25) is 0 Å². The van der Waals surface area contributed by atoms with Crippen LogP contribution in [0.3, 0.4) is 0 Å². The van der Waals surface area contributed by atoms with Gasteiger partial charge in [0.15, 0.2) is 0 Å². The van der Waals surface area contributed by atoms with Crippen LogP contribution in [0.25, 0.3) is 11.3 Å². The first-order chi connectivity index (χ1) is 21.6. The average Bonchev–Trinajstić information content (AvgIpc) is 3.38. The van der Waals surface area contributed by atoms with Gasteiger partial charge >= 0.3 is 12.1 Å². The second kappa shape index (κ2) is 12.5. The Kier molecular flexibility index (Phi) is 8.97. The van der Waals surface area contributed by atoms with Gasteiger partial charge in [-0.15, -0.1) is 0 Å². The largest absolute Gasteiger partial charge is 0.480 e. The van der Waals surface area contributed by atoms with Crippen molar-refractivity contribution in [1.29, 1.82) is 0 Å². The van der Waals surface area contributed by atoms with Gasteiger partial charge in [0.05, 0.1) is 30.6 Å². The Morgan fingerprint density at radius 1 is 1.15 bits per heavy atom. The van der Waals surface area contributed by atoms with Crippen LogP contribution in [-0.4, -0.2) is 75.8 Å². The normalized spacial score (nSPS) is 18.8. The second-order valence-electron chi connectivity index (χ2n) is 11.8. The number of aryl methyl sites for hydroxylation is 2. The highest BCUT2D eigenvalue weighted by Crippen LogP contribution is 2.35. The van der Waals surface area contributed by atoms with Crippen molar-refractivity contribution in [2.45, 2.75) is 64.4 Å². The summed E-state index contributed by atoms with van der Waals surface area (Å²) in [4.78, 5) is 44.1. The zero-order chi connectivity index (χ0) is 33.7. The monoisotopic (exact) mass is 646 g/mol. The number of aromatic nitrogens is 2. The van der Waals surface area contributed by atoms with Crippen molar-refractivity contribution in [1.82, 2.24) is 14.9 Å². The minimum atomic E-state index is -4.63. The van der Waals surface area contributed by atoms with E-state index in [-0.39, 0.29) is 54.9 Å². The SMILES string of the molecule is Cc1cc(N2CCOC[C@@H]2C(F)(F)F)cc(F)c1C(=O)N[C@@H](Cc1ccc(-c2nc(C)c(C)n(C)c2=O)c2c1CC(O)C2)C(=O)O. The molecule has 246 valence electrons. The molecule has 0 spiro atoms. The van der Waals surface area contributed by atoms with E-state index in [1.54, 1.807) is 33.0 Å². The molecule has 3 N–H and O–H groups in total. The minimum absolute atomic E-state index is 0.00924. The summed E-state index contributed by atoms with van der Waals surface area (Å²) in [6.45, 7) is 4.17. The van der Waals surface area contributed by atoms with Gasteiger partial charge in [-0.1, -0.05) is 12.1 Å². The van der Waals surface area contributed by atoms with E-state index in [4.69, 9.17) is 4.74 Å². The van der Waals surface area contributed by atoms with E-state index in [0.717, 1.165) is 11.0 Å². The molecule has 0 bridgehead atoms. The van der Waals surface area contributed by atoms with Crippen molar-refractivity contribution in [3.8, 4) is 11.3 Å². The number of carboxylic acid groups (broad SMARTS) is 1. The minimum Gasteiger partial charge on any atom is -0.480 e. The van der Waals surface area contributed by atoms with Gasteiger partial charge in [-0.05, 0) is 68.0 Å². The lowest BCUT2D eigenvalue weighted by Crippen LogP contribution is -2.53. The third-order valence-corrected chi connectivity index (χ3v) is 8.84. The molecule has 46 heavy (non-hydrogen) atoms. The van der Waals surface area contributed by atoms with Crippen LogP contribution >= 0.6 is 0 Å². The van der Waals surface area contributed by atoms with Crippen LogP contribution in [0, 0.1) is 26.6 Å². The fourth-order valence-electron chi connectivity index (χ4n) is 6.22. The Morgan fingerprint density at radius 2 is 1.85 bits per heavy atom. The maximum atomic E-state index is 15.4. The van der Waals surface area contributed by atoms with Crippen molar-refractivity contribution < 1.29 is 42.1 Å². The first-order valence-electron chi connectivity index (χ1n) is 14.7. The third-order valence-electron chi connectivity index (χ3n) is 8.84. The number of aliphatic hydroxyl groups excluding tert-OH is 1. The van der Waals surface area contributed by atoms with Crippen molar-refractivity contribution >= 4 is 17.6 Å². The average molecular weight is 647 g/mol. The number of nitrogens with zero attached hydrogens (tertiary/aromatic N) is 3. The quantitative estimate of drug-likeness (QED) is 0.334. The molecular weight excluding hydrogens is 612 g/mol. The third kappa shape index (κ3) is 6.23. The molecule has 1 amide bonds. The molecule has 3 atom stereocenters. The Labute approximate surface area is 261 Å². The summed E-state index contributed by atoms with van der Waals surface area (Å²) in [5, 5.41) is 22.9. The van der Waals surface area contributed by atoms with Crippen molar-refractivity contribution in [3.63, 3.8) is 0 Å². The molecule has 14 heteroatoms. The number of morpholine rings is 1. The number of aliphatic hydroxyl groups is 1. The van der Waals surface area contributed by atoms with Gasteiger partial charge in [0.1, 0.15) is 23.6 Å². The zero-order valence-corrected chi connectivity index (χ0v) is 25.7. The topological polar surface area (TPSA) is 134 Å². The number of benzene rings is 2. The number of aliphatic carboxylic acids is 1. The Balaban J connectivity index is 1.43. The number of carbonyl (C=O) groups is 2. The molecule has 2 aromatic carbocycles. The molecule has 2 heterocycles. The molecular formula is C32H34F4N4O6. The molecule has 1 aliphatic heterocycles. The number of hydrogen-bond acceptors (Lipinski definition) is 7. The van der Waals surface area contributed by atoms with E-state index in [2.05, 4.69) is 10.3 Å². The summed E-state index contributed by atoms with van der Waals surface area (Å²) < 4.78 is 62.6. The number of carbonyl (C=O) groups excluding carboxylic acids is 1. The van der Waals surface area contributed by atoms with Crippen LogP contribution in [0.15, 0.2) is 29.1 Å². The molecule has 1 saturated heterocycles. The number of hydrogen-bond donors (Lipinski definition) is 3. The van der Waals surface area contributed by atoms with E-state index in [0.29, 0.717) is 33.6 Å². The lowest BCUT2D eigenvalue weighted by Gasteiger charge is -2.38. The van der Waals surface area contributed by atoms with Gasteiger partial charge < -0.3 is 29.7 Å². The lowest BCUT2D eigenvalue weighted by atomic mass is 9.92. The fraction of sp³-hybridized carbons (Fsp3) is 0.438. The number of fused-ring (bicyclic) bond motifs is 1. The molecule has 2 aliphatic rings. The Hall–Kier alpha value is -4.30. The van der Waals surface area contributed by atoms with Gasteiger partial charge in [0, 0.05) is 37.0 Å². The van der Waals surface area contributed by atoms with Gasteiger partial charge in [-0.25, -0.2) is 14.2 Å². The molecule has 10 nitrogen and oxygen atoms in total. The van der Waals surface area contributed by atoms with Crippen LogP contribution in [-0.2, 0) is 35.8 Å². The number of alkyl halides is 3. The predicted molar refractivity (Wildman–Crippen MR) is 160 cm³/mol. The number of rotatable bonds is 7. The summed E-state index contributed by atoms with van der Waals surface area (Å²) in [5.74, 6) is -3.54. The molecule has 1 fully saturated rings. The van der Waals surface area contributed by atoms with E-state index in [9.17, 15) is 37.8 Å². The number of ether oxygens (including phenoxy) is 1. The van der Waals surface area contributed by atoms with Crippen LogP contribution < -0.4 is 15.8 Å². The molecule has 3 aromatic rings. The van der Waals surface area contributed by atoms with Gasteiger partial charge in [-0.3, -0.25) is 9.59 Å². The molecule has 1 unspecified atom stereocenters. The maximum Gasteiger partial charge on any atom is 0.411 e. The molecule has 1 aliphatic carbocycles. The van der Waals surface area contributed by atoms with E-state index in [1.807, 2.05) is 0 Å². The summed E-state index contributed by atoms with van der Waals surface area (Å²) in [6, 6.07) is 1.87. The van der Waals surface area contributed by atoms with Crippen molar-refractivity contribution in [2.75, 3.05) is 24.7 Å². The predicted octanol–water partition coefficient (Wildman–Crippen LogP) is 3.16. The first-order valence-corrected chi connectivity index (χ1v) is 14.7. The summed E-state index contributed by atoms with van der Waals surface area (Å²) in [6.07, 6.45) is -5.21. The smallest absolute Gasteiger partial charge is 0.411 e. The number of halogens is 4. The summed E-state index contributed by atoms with van der Waals surface area (Å²) in [5.41, 5.74) is 3.06. The number of carboxylic acids is 1. The van der Waals surface area contributed by atoms with E-state index >= 15 is 4.39 Å². The molecule has 1 aromatic heterocycles. The summed E-state index contributed by atoms with van der Waals surface area (Å²) in [7, 11) is 1.64. The van der Waals surface area contributed by atoms with E-state index in [1.165, 1.54) is 17.6 Å². The highest BCUT2D eigenvalue weighted by molar-refractivity contribution is 5.98. The van der Waals surface area contributed by atoms with E-state index < -0.39 is 54.2 Å². The molecule has 5 rings (SSSR count).